The highest BCUT2D eigenvalue weighted by atomic mass is 19.0. The van der Waals surface area contributed by atoms with Gasteiger partial charge in [-0.3, -0.25) is 0 Å². The molecular weight excluding hydrogens is 450 g/mol. The molecule has 2 nitrogen and oxygen atoms in total. The molecule has 0 rings (SSSR count). The minimum absolute atomic E-state index is 0. The summed E-state index contributed by atoms with van der Waals surface area (Å²) in [4.78, 5) is 0. The van der Waals surface area contributed by atoms with Crippen LogP contribution >= 0.6 is 0 Å². The Morgan fingerprint density at radius 2 is 0.361 bits per heavy atom. The standard InChI is InChI=1S/2C16H36N.2FH/c2*1-5-9-13-17(14-10-6-2,15-11-7-3)16-12-8-4;;/h2*5-16H2,1-4H3;2*1H/q2*+1;;/p-2. The van der Waals surface area contributed by atoms with Gasteiger partial charge in [-0.05, 0) is 51.4 Å². The lowest BCUT2D eigenvalue weighted by Crippen LogP contribution is -3.00. The summed E-state index contributed by atoms with van der Waals surface area (Å²) in [6.45, 7) is 30.0. The fraction of sp³-hybridized carbons (Fsp3) is 1.00. The average Bonchev–Trinajstić information content (AvgIpc) is 2.87. The van der Waals surface area contributed by atoms with Crippen molar-refractivity contribution >= 4 is 0 Å². The Kier molecular flexibility index (Phi) is 36.9. The van der Waals surface area contributed by atoms with E-state index in [0.717, 1.165) is 0 Å². The Balaban J connectivity index is -0.000000269. The van der Waals surface area contributed by atoms with E-state index in [4.69, 9.17) is 0 Å². The van der Waals surface area contributed by atoms with E-state index < -0.39 is 0 Å². The van der Waals surface area contributed by atoms with Gasteiger partial charge in [0.1, 0.15) is 0 Å². The molecule has 0 spiro atoms. The van der Waals surface area contributed by atoms with Gasteiger partial charge in [-0.2, -0.15) is 0 Å². The van der Waals surface area contributed by atoms with Gasteiger partial charge in [0.2, 0.25) is 0 Å². The summed E-state index contributed by atoms with van der Waals surface area (Å²) >= 11 is 0. The van der Waals surface area contributed by atoms with E-state index in [1.807, 2.05) is 0 Å². The molecule has 4 heteroatoms. The van der Waals surface area contributed by atoms with Crippen molar-refractivity contribution in [2.24, 2.45) is 0 Å². The van der Waals surface area contributed by atoms with E-state index in [-0.39, 0.29) is 9.41 Å². The smallest absolute Gasteiger partial charge is 0.0786 e. The normalized spacial score (nSPS) is 11.3. The molecule has 36 heavy (non-hydrogen) atoms. The van der Waals surface area contributed by atoms with Gasteiger partial charge >= 0.3 is 0 Å². The Bertz CT molecular complexity index is 279. The maximum absolute atomic E-state index is 2.33. The first-order valence-corrected chi connectivity index (χ1v) is 16.2. The highest BCUT2D eigenvalue weighted by Crippen LogP contribution is 2.17. The molecule has 0 aliphatic heterocycles. The Hall–Kier alpha value is -0.220. The maximum atomic E-state index is 2.33. The molecule has 0 aromatic rings. The largest absolute Gasteiger partial charge is 1.00 e. The predicted octanol–water partition coefficient (Wildman–Crippen LogP) is 4.02. The van der Waals surface area contributed by atoms with Crippen LogP contribution in [-0.2, 0) is 0 Å². The van der Waals surface area contributed by atoms with Gasteiger partial charge < -0.3 is 18.4 Å². The minimum Gasteiger partial charge on any atom is -1.00 e. The monoisotopic (exact) mass is 523 g/mol. The van der Waals surface area contributed by atoms with E-state index in [9.17, 15) is 0 Å². The van der Waals surface area contributed by atoms with Crippen molar-refractivity contribution in [2.75, 3.05) is 52.4 Å². The lowest BCUT2D eigenvalue weighted by molar-refractivity contribution is -0.929. The first-order valence-electron chi connectivity index (χ1n) is 16.2. The second-order valence-corrected chi connectivity index (χ2v) is 11.3. The van der Waals surface area contributed by atoms with Gasteiger partial charge in [-0.15, -0.1) is 0 Å². The fourth-order valence-corrected chi connectivity index (χ4v) is 5.29. The van der Waals surface area contributed by atoms with Crippen LogP contribution in [0.1, 0.15) is 158 Å². The zero-order chi connectivity index (χ0) is 26.0. The molecule has 0 bridgehead atoms. The number of hydrogen-bond acceptors (Lipinski definition) is 0. The summed E-state index contributed by atoms with van der Waals surface area (Å²) in [5, 5.41) is 0. The molecule has 0 unspecified atom stereocenters. The summed E-state index contributed by atoms with van der Waals surface area (Å²) in [6, 6.07) is 0. The second kappa shape index (κ2) is 31.0. The molecule has 0 aliphatic carbocycles. The molecule has 0 saturated heterocycles. The molecule has 0 N–H and O–H groups in total. The third-order valence-electron chi connectivity index (χ3n) is 7.89. The van der Waals surface area contributed by atoms with Gasteiger partial charge in [-0.1, -0.05) is 107 Å². The zero-order valence-corrected chi connectivity index (χ0v) is 26.6. The first-order chi connectivity index (χ1) is 16.5. The van der Waals surface area contributed by atoms with Crippen molar-refractivity contribution in [3.05, 3.63) is 0 Å². The molecular formula is C32H72F2N2. The molecule has 0 aromatic carbocycles. The number of rotatable bonds is 24. The molecule has 0 saturated carbocycles. The van der Waals surface area contributed by atoms with Crippen LogP contribution in [0.3, 0.4) is 0 Å². The molecule has 0 aliphatic rings. The van der Waals surface area contributed by atoms with Crippen LogP contribution in [-0.4, -0.2) is 61.3 Å². The Morgan fingerprint density at radius 1 is 0.250 bits per heavy atom. The summed E-state index contributed by atoms with van der Waals surface area (Å²) in [6.07, 6.45) is 22.1. The van der Waals surface area contributed by atoms with Crippen LogP contribution in [0.15, 0.2) is 0 Å². The van der Waals surface area contributed by atoms with Crippen molar-refractivity contribution in [1.82, 2.24) is 0 Å². The van der Waals surface area contributed by atoms with E-state index in [1.165, 1.54) is 164 Å². The van der Waals surface area contributed by atoms with E-state index in [1.54, 1.807) is 0 Å². The van der Waals surface area contributed by atoms with Crippen molar-refractivity contribution in [3.8, 4) is 0 Å². The molecule has 0 aromatic heterocycles. The molecule has 0 radical (unpaired) electrons. The summed E-state index contributed by atoms with van der Waals surface area (Å²) in [7, 11) is 0. The number of hydrogen-bond donors (Lipinski definition) is 0. The summed E-state index contributed by atoms with van der Waals surface area (Å²) < 4.78 is 2.84. The van der Waals surface area contributed by atoms with E-state index >= 15 is 0 Å². The van der Waals surface area contributed by atoms with Crippen LogP contribution in [0, 0.1) is 0 Å². The summed E-state index contributed by atoms with van der Waals surface area (Å²) in [5.74, 6) is 0. The number of quaternary nitrogens is 2. The van der Waals surface area contributed by atoms with Crippen LogP contribution < -0.4 is 9.41 Å². The van der Waals surface area contributed by atoms with Crippen molar-refractivity contribution in [2.45, 2.75) is 158 Å². The second-order valence-electron chi connectivity index (χ2n) is 11.3. The quantitative estimate of drug-likeness (QED) is 0.168. The van der Waals surface area contributed by atoms with Gasteiger partial charge in [0.25, 0.3) is 0 Å². The SMILES string of the molecule is CCCC[N+](CCCC)(CCCC)CCCC.CCCC[N+](CCCC)(CCCC)CCCC.[F-].[F-]. The van der Waals surface area contributed by atoms with Gasteiger partial charge in [0.15, 0.2) is 0 Å². The van der Waals surface area contributed by atoms with Gasteiger partial charge in [0, 0.05) is 0 Å². The van der Waals surface area contributed by atoms with Crippen LogP contribution in [0.25, 0.3) is 0 Å². The number of halogens is 2. The van der Waals surface area contributed by atoms with Gasteiger partial charge in [-0.25, -0.2) is 0 Å². The number of nitrogens with zero attached hydrogens (tertiary/aromatic N) is 2. The van der Waals surface area contributed by atoms with E-state index in [2.05, 4.69) is 55.4 Å². The molecule has 0 atom stereocenters. The topological polar surface area (TPSA) is 0 Å². The zero-order valence-electron chi connectivity index (χ0n) is 26.6. The first kappa shape index (κ1) is 42.9. The Morgan fingerprint density at radius 3 is 0.444 bits per heavy atom. The van der Waals surface area contributed by atoms with Crippen LogP contribution in [0.5, 0.6) is 0 Å². The maximum Gasteiger partial charge on any atom is 0.0786 e. The van der Waals surface area contributed by atoms with Crippen molar-refractivity contribution < 1.29 is 18.4 Å². The van der Waals surface area contributed by atoms with Crippen molar-refractivity contribution in [1.29, 1.82) is 0 Å². The Labute approximate surface area is 228 Å². The highest BCUT2D eigenvalue weighted by Gasteiger charge is 2.25. The molecule has 0 fully saturated rings. The summed E-state index contributed by atoms with van der Waals surface area (Å²) in [5.41, 5.74) is 0. The molecule has 0 heterocycles. The minimum atomic E-state index is 0. The van der Waals surface area contributed by atoms with Crippen LogP contribution in [0.4, 0.5) is 0 Å². The third kappa shape index (κ3) is 22.9. The fourth-order valence-electron chi connectivity index (χ4n) is 5.29. The highest BCUT2D eigenvalue weighted by molar-refractivity contribution is 4.50. The molecule has 0 amide bonds. The van der Waals surface area contributed by atoms with Crippen LogP contribution in [0.2, 0.25) is 0 Å². The lowest BCUT2D eigenvalue weighted by atomic mass is 10.1. The number of unbranched alkanes of at least 4 members (excludes halogenated alkanes) is 8. The lowest BCUT2D eigenvalue weighted by Gasteiger charge is -2.39. The average molecular weight is 523 g/mol. The van der Waals surface area contributed by atoms with Gasteiger partial charge in [0.05, 0.1) is 52.4 Å². The predicted molar refractivity (Wildman–Crippen MR) is 159 cm³/mol. The van der Waals surface area contributed by atoms with Crippen molar-refractivity contribution in [3.63, 3.8) is 0 Å². The van der Waals surface area contributed by atoms with E-state index in [0.29, 0.717) is 0 Å². The molecule has 224 valence electrons. The third-order valence-corrected chi connectivity index (χ3v) is 7.89.